The van der Waals surface area contributed by atoms with Crippen LogP contribution in [0.25, 0.3) is 0 Å². The molecule has 1 aliphatic rings. The van der Waals surface area contributed by atoms with Gasteiger partial charge in [0.2, 0.25) is 10.0 Å². The number of sulfonamides is 1. The molecule has 1 aliphatic heterocycles. The largest absolute Gasteiger partial charge is 0.495 e. The van der Waals surface area contributed by atoms with Crippen LogP contribution in [0.15, 0.2) is 35.2 Å². The first-order valence-electron chi connectivity index (χ1n) is 10.5. The van der Waals surface area contributed by atoms with Crippen molar-refractivity contribution < 1.29 is 27.4 Å². The van der Waals surface area contributed by atoms with Gasteiger partial charge in [-0.25, -0.2) is 8.42 Å². The number of nitrogens with zero attached hydrogens (tertiary/aromatic N) is 1. The minimum absolute atomic E-state index is 0.00131. The number of amides is 1. The van der Waals surface area contributed by atoms with Crippen LogP contribution >= 0.6 is 0 Å². The van der Waals surface area contributed by atoms with E-state index in [1.807, 2.05) is 6.92 Å². The zero-order valence-corrected chi connectivity index (χ0v) is 19.8. The summed E-state index contributed by atoms with van der Waals surface area (Å²) in [6.45, 7) is 2.76. The van der Waals surface area contributed by atoms with Crippen molar-refractivity contribution in [3.8, 4) is 17.2 Å². The highest BCUT2D eigenvalue weighted by molar-refractivity contribution is 7.89. The van der Waals surface area contributed by atoms with Crippen LogP contribution in [0, 0.1) is 6.92 Å². The molecule has 0 unspecified atom stereocenters. The van der Waals surface area contributed by atoms with Crippen molar-refractivity contribution >= 4 is 21.6 Å². The molecule has 0 radical (unpaired) electrons. The second-order valence-corrected chi connectivity index (χ2v) is 9.57. The van der Waals surface area contributed by atoms with Crippen LogP contribution in [0.4, 0.5) is 5.69 Å². The molecule has 0 aliphatic carbocycles. The summed E-state index contributed by atoms with van der Waals surface area (Å²) in [6.07, 6.45) is 3.66. The van der Waals surface area contributed by atoms with Crippen molar-refractivity contribution in [2.45, 2.75) is 37.5 Å². The zero-order chi connectivity index (χ0) is 23.3. The van der Waals surface area contributed by atoms with Crippen LogP contribution < -0.4 is 19.5 Å². The molecule has 0 saturated carbocycles. The molecule has 9 heteroatoms. The van der Waals surface area contributed by atoms with E-state index in [4.69, 9.17) is 14.2 Å². The molecule has 1 saturated heterocycles. The maximum atomic E-state index is 13.3. The van der Waals surface area contributed by atoms with E-state index >= 15 is 0 Å². The van der Waals surface area contributed by atoms with E-state index < -0.39 is 15.9 Å². The number of ether oxygens (including phenoxy) is 3. The molecule has 1 amide bonds. The predicted molar refractivity (Wildman–Crippen MR) is 122 cm³/mol. The summed E-state index contributed by atoms with van der Waals surface area (Å²) in [4.78, 5) is 13.0. The summed E-state index contributed by atoms with van der Waals surface area (Å²) >= 11 is 0. The van der Waals surface area contributed by atoms with E-state index in [1.165, 1.54) is 30.7 Å². The van der Waals surface area contributed by atoms with E-state index in [1.54, 1.807) is 25.3 Å². The van der Waals surface area contributed by atoms with Gasteiger partial charge in [0.15, 0.2) is 11.5 Å². The molecule has 1 N–H and O–H groups in total. The summed E-state index contributed by atoms with van der Waals surface area (Å²) in [5.74, 6) is 0.814. The topological polar surface area (TPSA) is 94.2 Å². The molecule has 0 aromatic heterocycles. The van der Waals surface area contributed by atoms with Crippen molar-refractivity contribution in [1.82, 2.24) is 4.31 Å². The average Bonchev–Trinajstić information content (AvgIpc) is 3.09. The number of hydrogen-bond donors (Lipinski definition) is 1. The second kappa shape index (κ2) is 10.2. The number of aryl methyl sites for hydroxylation is 1. The number of carbonyl (C=O) groups is 1. The molecule has 0 bridgehead atoms. The van der Waals surface area contributed by atoms with Gasteiger partial charge in [0.1, 0.15) is 10.6 Å². The van der Waals surface area contributed by atoms with Crippen LogP contribution in [0.3, 0.4) is 0 Å². The molecule has 2 aromatic carbocycles. The number of hydrogen-bond acceptors (Lipinski definition) is 6. The Kier molecular flexibility index (Phi) is 7.63. The summed E-state index contributed by atoms with van der Waals surface area (Å²) in [5, 5.41) is 2.83. The number of carbonyl (C=O) groups excluding carboxylic acids is 1. The van der Waals surface area contributed by atoms with Crippen LogP contribution in [0.2, 0.25) is 0 Å². The van der Waals surface area contributed by atoms with Gasteiger partial charge in [-0.05, 0) is 49.6 Å². The van der Waals surface area contributed by atoms with Crippen LogP contribution in [-0.4, -0.2) is 53.0 Å². The van der Waals surface area contributed by atoms with Crippen LogP contribution in [0.1, 0.15) is 41.6 Å². The Bertz CT molecular complexity index is 1080. The molecular formula is C23H30N2O6S. The van der Waals surface area contributed by atoms with E-state index in [0.717, 1.165) is 31.2 Å². The fourth-order valence-electron chi connectivity index (χ4n) is 3.75. The third kappa shape index (κ3) is 4.99. The highest BCUT2D eigenvalue weighted by Crippen LogP contribution is 2.34. The van der Waals surface area contributed by atoms with Gasteiger partial charge in [0.25, 0.3) is 5.91 Å². The van der Waals surface area contributed by atoms with Crippen molar-refractivity contribution in [3.63, 3.8) is 0 Å². The van der Waals surface area contributed by atoms with Gasteiger partial charge in [-0.2, -0.15) is 4.31 Å². The van der Waals surface area contributed by atoms with Crippen LogP contribution in [0.5, 0.6) is 17.2 Å². The Hall–Kier alpha value is -2.78. The third-order valence-corrected chi connectivity index (χ3v) is 7.51. The van der Waals surface area contributed by atoms with Gasteiger partial charge in [-0.3, -0.25) is 4.79 Å². The molecule has 0 atom stereocenters. The Morgan fingerprint density at radius 1 is 0.875 bits per heavy atom. The second-order valence-electron chi connectivity index (χ2n) is 7.66. The predicted octanol–water partition coefficient (Wildman–Crippen LogP) is 3.84. The number of methoxy groups -OCH3 is 3. The molecule has 32 heavy (non-hydrogen) atoms. The summed E-state index contributed by atoms with van der Waals surface area (Å²) in [6, 6.07) is 7.87. The van der Waals surface area contributed by atoms with Gasteiger partial charge in [-0.1, -0.05) is 12.8 Å². The summed E-state index contributed by atoms with van der Waals surface area (Å²) in [5.41, 5.74) is 1.54. The lowest BCUT2D eigenvalue weighted by Gasteiger charge is -2.21. The Balaban J connectivity index is 1.93. The van der Waals surface area contributed by atoms with Gasteiger partial charge in [-0.15, -0.1) is 0 Å². The molecule has 174 valence electrons. The van der Waals surface area contributed by atoms with E-state index in [9.17, 15) is 13.2 Å². The molecule has 2 aromatic rings. The Labute approximate surface area is 189 Å². The maximum Gasteiger partial charge on any atom is 0.255 e. The van der Waals surface area contributed by atoms with Crippen LogP contribution in [-0.2, 0) is 10.0 Å². The fraction of sp³-hybridized carbons (Fsp3) is 0.435. The third-order valence-electron chi connectivity index (χ3n) is 5.59. The molecular weight excluding hydrogens is 432 g/mol. The zero-order valence-electron chi connectivity index (χ0n) is 18.9. The van der Waals surface area contributed by atoms with Gasteiger partial charge < -0.3 is 19.5 Å². The number of rotatable bonds is 7. The first kappa shape index (κ1) is 23.9. The molecule has 1 heterocycles. The number of nitrogens with one attached hydrogen (secondary N) is 1. The number of anilines is 1. The minimum atomic E-state index is -3.79. The molecule has 1 fully saturated rings. The molecule has 8 nitrogen and oxygen atoms in total. The first-order chi connectivity index (χ1) is 15.3. The Morgan fingerprint density at radius 2 is 1.47 bits per heavy atom. The fourth-order valence-corrected chi connectivity index (χ4v) is 5.45. The highest BCUT2D eigenvalue weighted by Gasteiger charge is 2.29. The summed E-state index contributed by atoms with van der Waals surface area (Å²) < 4.78 is 44.1. The van der Waals surface area contributed by atoms with E-state index in [0.29, 0.717) is 30.3 Å². The molecule has 0 spiro atoms. The lowest BCUT2D eigenvalue weighted by Crippen LogP contribution is -2.32. The average molecular weight is 463 g/mol. The van der Waals surface area contributed by atoms with E-state index in [-0.39, 0.29) is 16.2 Å². The lowest BCUT2D eigenvalue weighted by atomic mass is 10.1. The van der Waals surface area contributed by atoms with Crippen molar-refractivity contribution in [3.05, 3.63) is 41.5 Å². The standard InChI is InChI=1S/C23H30N2O6S/c1-16-13-20(30-3)21(31-4)15-18(16)24-23(26)17-9-10-19(29-2)22(14-17)32(27,28)25-11-7-5-6-8-12-25/h9-10,13-15H,5-8,11-12H2,1-4H3,(H,24,26). The Morgan fingerprint density at radius 3 is 2.06 bits per heavy atom. The smallest absolute Gasteiger partial charge is 0.255 e. The monoisotopic (exact) mass is 462 g/mol. The first-order valence-corrected chi connectivity index (χ1v) is 12.0. The highest BCUT2D eigenvalue weighted by atomic mass is 32.2. The van der Waals surface area contributed by atoms with Gasteiger partial charge in [0, 0.05) is 30.4 Å². The summed E-state index contributed by atoms with van der Waals surface area (Å²) in [7, 11) is 0.684. The number of benzene rings is 2. The van der Waals surface area contributed by atoms with Gasteiger partial charge in [0.05, 0.1) is 21.3 Å². The minimum Gasteiger partial charge on any atom is -0.495 e. The van der Waals surface area contributed by atoms with Crippen molar-refractivity contribution in [2.24, 2.45) is 0 Å². The quantitative estimate of drug-likeness (QED) is 0.672. The lowest BCUT2D eigenvalue weighted by molar-refractivity contribution is 0.102. The van der Waals surface area contributed by atoms with Crippen molar-refractivity contribution in [2.75, 3.05) is 39.7 Å². The normalized spacial score (nSPS) is 15.0. The van der Waals surface area contributed by atoms with E-state index in [2.05, 4.69) is 5.32 Å². The van der Waals surface area contributed by atoms with Crippen molar-refractivity contribution in [1.29, 1.82) is 0 Å². The SMILES string of the molecule is COc1cc(C)c(NC(=O)c2ccc(OC)c(S(=O)(=O)N3CCCCCC3)c2)cc1OC. The molecule has 3 rings (SSSR count). The maximum absolute atomic E-state index is 13.3. The van der Waals surface area contributed by atoms with Gasteiger partial charge >= 0.3 is 0 Å².